The fourth-order valence-corrected chi connectivity index (χ4v) is 2.81. The molecule has 1 saturated heterocycles. The van der Waals surface area contributed by atoms with Gasteiger partial charge in [0.15, 0.2) is 0 Å². The average molecular weight is 348 g/mol. The Morgan fingerprint density at radius 3 is 2.64 bits per heavy atom. The zero-order chi connectivity index (χ0) is 18.7. The number of hydrogen-bond acceptors (Lipinski definition) is 4. The van der Waals surface area contributed by atoms with Gasteiger partial charge in [0.1, 0.15) is 5.75 Å². The topological polar surface area (TPSA) is 95.9 Å². The number of carboxylic acid groups (broad SMARTS) is 1. The van der Waals surface area contributed by atoms with Crippen LogP contribution in [0.5, 0.6) is 5.75 Å². The molecule has 1 aliphatic rings. The van der Waals surface area contributed by atoms with Crippen LogP contribution in [0.2, 0.25) is 0 Å². The smallest absolute Gasteiger partial charge is 0.308 e. The predicted molar refractivity (Wildman–Crippen MR) is 92.6 cm³/mol. The molecule has 7 nitrogen and oxygen atoms in total. The van der Waals surface area contributed by atoms with Gasteiger partial charge in [0.25, 0.3) is 0 Å². The third-order valence-corrected chi connectivity index (χ3v) is 4.63. The van der Waals surface area contributed by atoms with Crippen LogP contribution in [0.4, 0.5) is 5.69 Å². The Morgan fingerprint density at radius 2 is 2.04 bits per heavy atom. The van der Waals surface area contributed by atoms with Gasteiger partial charge in [0.2, 0.25) is 11.8 Å². The molecule has 1 aromatic carbocycles. The lowest BCUT2D eigenvalue weighted by Gasteiger charge is -2.21. The Labute approximate surface area is 147 Å². The van der Waals surface area contributed by atoms with Gasteiger partial charge < -0.3 is 20.1 Å². The number of benzene rings is 1. The van der Waals surface area contributed by atoms with Crippen molar-refractivity contribution in [3.63, 3.8) is 0 Å². The summed E-state index contributed by atoms with van der Waals surface area (Å²) >= 11 is 0. The van der Waals surface area contributed by atoms with Crippen LogP contribution in [-0.4, -0.2) is 42.6 Å². The number of methoxy groups -OCH3 is 1. The van der Waals surface area contributed by atoms with Gasteiger partial charge in [-0.25, -0.2) is 0 Å². The summed E-state index contributed by atoms with van der Waals surface area (Å²) in [7, 11) is 1.54. The zero-order valence-electron chi connectivity index (χ0n) is 14.9. The predicted octanol–water partition coefficient (Wildman–Crippen LogP) is 1.58. The molecule has 3 unspecified atom stereocenters. The highest BCUT2D eigenvalue weighted by Gasteiger charge is 2.37. The number of hydrogen-bond donors (Lipinski definition) is 2. The largest absolute Gasteiger partial charge is 0.495 e. The van der Waals surface area contributed by atoms with Crippen LogP contribution in [0.25, 0.3) is 0 Å². The summed E-state index contributed by atoms with van der Waals surface area (Å²) in [6.45, 7) is 5.35. The molecule has 0 radical (unpaired) electrons. The molecule has 3 atom stereocenters. The third kappa shape index (κ3) is 4.10. The second-order valence-corrected chi connectivity index (χ2v) is 6.50. The molecule has 1 aromatic rings. The van der Waals surface area contributed by atoms with Crippen molar-refractivity contribution in [2.45, 2.75) is 33.2 Å². The Balaban J connectivity index is 2.11. The van der Waals surface area contributed by atoms with Crippen molar-refractivity contribution in [1.29, 1.82) is 0 Å². The van der Waals surface area contributed by atoms with Crippen LogP contribution in [0.1, 0.15) is 25.8 Å². The van der Waals surface area contributed by atoms with E-state index in [9.17, 15) is 14.4 Å². The van der Waals surface area contributed by atoms with E-state index in [0.29, 0.717) is 11.4 Å². The van der Waals surface area contributed by atoms with Crippen molar-refractivity contribution in [2.24, 2.45) is 11.8 Å². The minimum absolute atomic E-state index is 0.0943. The molecular weight excluding hydrogens is 324 g/mol. The van der Waals surface area contributed by atoms with Gasteiger partial charge in [-0.15, -0.1) is 0 Å². The summed E-state index contributed by atoms with van der Waals surface area (Å²) < 4.78 is 5.32. The summed E-state index contributed by atoms with van der Waals surface area (Å²) in [5, 5.41) is 11.7. The van der Waals surface area contributed by atoms with Crippen LogP contribution in [-0.2, 0) is 14.4 Å². The fraction of sp³-hybridized carbons (Fsp3) is 0.500. The molecule has 7 heteroatoms. The highest BCUT2D eigenvalue weighted by atomic mass is 16.5. The van der Waals surface area contributed by atoms with E-state index >= 15 is 0 Å². The van der Waals surface area contributed by atoms with Crippen LogP contribution < -0.4 is 15.0 Å². The Kier molecular flexibility index (Phi) is 5.66. The number of ether oxygens (including phenoxy) is 1. The van der Waals surface area contributed by atoms with Crippen molar-refractivity contribution in [2.75, 3.05) is 18.6 Å². The second-order valence-electron chi connectivity index (χ2n) is 6.50. The number of carboxylic acids is 1. The van der Waals surface area contributed by atoms with Gasteiger partial charge in [0.05, 0.1) is 24.6 Å². The van der Waals surface area contributed by atoms with Crippen molar-refractivity contribution in [1.82, 2.24) is 5.32 Å². The van der Waals surface area contributed by atoms with E-state index in [1.807, 2.05) is 19.1 Å². The molecule has 0 bridgehead atoms. The van der Waals surface area contributed by atoms with Crippen LogP contribution in [0, 0.1) is 18.8 Å². The zero-order valence-corrected chi connectivity index (χ0v) is 14.9. The normalized spacial score (nSPS) is 19.4. The van der Waals surface area contributed by atoms with Crippen LogP contribution in [0.15, 0.2) is 18.2 Å². The van der Waals surface area contributed by atoms with Gasteiger partial charge in [0, 0.05) is 19.0 Å². The van der Waals surface area contributed by atoms with E-state index in [1.54, 1.807) is 17.9 Å². The number of amides is 2. The summed E-state index contributed by atoms with van der Waals surface area (Å²) in [4.78, 5) is 37.4. The minimum atomic E-state index is -0.971. The van der Waals surface area contributed by atoms with Crippen molar-refractivity contribution in [3.8, 4) is 5.75 Å². The third-order valence-electron chi connectivity index (χ3n) is 4.63. The molecule has 1 fully saturated rings. The van der Waals surface area contributed by atoms with Crippen molar-refractivity contribution < 1.29 is 24.2 Å². The number of rotatable bonds is 6. The van der Waals surface area contributed by atoms with Gasteiger partial charge in [-0.3, -0.25) is 14.4 Å². The van der Waals surface area contributed by atoms with Gasteiger partial charge in [-0.2, -0.15) is 0 Å². The minimum Gasteiger partial charge on any atom is -0.495 e. The summed E-state index contributed by atoms with van der Waals surface area (Å²) in [5.41, 5.74) is 1.63. The summed E-state index contributed by atoms with van der Waals surface area (Å²) in [6.07, 6.45) is 0.0943. The molecule has 136 valence electrons. The Morgan fingerprint density at radius 1 is 1.36 bits per heavy atom. The lowest BCUT2D eigenvalue weighted by atomic mass is 10.0. The molecule has 0 spiro atoms. The van der Waals surface area contributed by atoms with Gasteiger partial charge >= 0.3 is 5.97 Å². The SMILES string of the molecule is COc1ccc(C)cc1N1CC(C(=O)NC(C)C(C)C(=O)O)CC1=O. The fourth-order valence-electron chi connectivity index (χ4n) is 2.81. The average Bonchev–Trinajstić information content (AvgIpc) is 2.95. The number of carbonyl (C=O) groups excluding carboxylic acids is 2. The molecule has 0 saturated carbocycles. The Hall–Kier alpha value is -2.57. The van der Waals surface area contributed by atoms with Gasteiger partial charge in [-0.1, -0.05) is 6.07 Å². The maximum Gasteiger partial charge on any atom is 0.308 e. The first kappa shape index (κ1) is 18.8. The highest BCUT2D eigenvalue weighted by Crippen LogP contribution is 2.34. The van der Waals surface area contributed by atoms with E-state index in [2.05, 4.69) is 5.32 Å². The maximum atomic E-state index is 12.4. The number of aryl methyl sites for hydroxylation is 1. The maximum absolute atomic E-state index is 12.4. The Bertz CT molecular complexity index is 688. The van der Waals surface area contributed by atoms with E-state index in [4.69, 9.17) is 9.84 Å². The molecular formula is C18H24N2O5. The van der Waals surface area contributed by atoms with Crippen LogP contribution >= 0.6 is 0 Å². The molecule has 25 heavy (non-hydrogen) atoms. The second kappa shape index (κ2) is 7.55. The number of carbonyl (C=O) groups is 3. The van der Waals surface area contributed by atoms with E-state index in [1.165, 1.54) is 14.0 Å². The first-order valence-corrected chi connectivity index (χ1v) is 8.22. The number of aliphatic carboxylic acids is 1. The lowest BCUT2D eigenvalue weighted by molar-refractivity contribution is -0.142. The number of nitrogens with one attached hydrogen (secondary N) is 1. The molecule has 2 amide bonds. The lowest BCUT2D eigenvalue weighted by Crippen LogP contribution is -2.43. The van der Waals surface area contributed by atoms with Gasteiger partial charge in [-0.05, 0) is 38.5 Å². The van der Waals surface area contributed by atoms with E-state index in [0.717, 1.165) is 5.56 Å². The van der Waals surface area contributed by atoms with Crippen LogP contribution in [0.3, 0.4) is 0 Å². The molecule has 0 aliphatic carbocycles. The monoisotopic (exact) mass is 348 g/mol. The van der Waals surface area contributed by atoms with Crippen molar-refractivity contribution >= 4 is 23.5 Å². The van der Waals surface area contributed by atoms with Crippen molar-refractivity contribution in [3.05, 3.63) is 23.8 Å². The molecule has 0 aromatic heterocycles. The number of anilines is 1. The quantitative estimate of drug-likeness (QED) is 0.814. The first-order chi connectivity index (χ1) is 11.7. The van der Waals surface area contributed by atoms with E-state index < -0.39 is 23.8 Å². The highest BCUT2D eigenvalue weighted by molar-refractivity contribution is 6.01. The number of nitrogens with zero attached hydrogens (tertiary/aromatic N) is 1. The molecule has 2 N–H and O–H groups in total. The summed E-state index contributed by atoms with van der Waals surface area (Å²) in [5.74, 6) is -2.06. The molecule has 1 aliphatic heterocycles. The van der Waals surface area contributed by atoms with E-state index in [-0.39, 0.29) is 24.8 Å². The first-order valence-electron chi connectivity index (χ1n) is 8.22. The summed E-state index contributed by atoms with van der Waals surface area (Å²) in [6, 6.07) is 5.03. The standard InChI is InChI=1S/C18H24N2O5/c1-10-5-6-15(25-4)14(7-10)20-9-13(8-16(20)21)17(22)19-12(3)11(2)18(23)24/h5-7,11-13H,8-9H2,1-4H3,(H,19,22)(H,23,24). The molecule has 1 heterocycles. The molecule has 2 rings (SSSR count).